The van der Waals surface area contributed by atoms with Crippen molar-refractivity contribution in [3.05, 3.63) is 77.6 Å². The van der Waals surface area contributed by atoms with Gasteiger partial charge in [0.05, 0.1) is 13.0 Å². The summed E-state index contributed by atoms with van der Waals surface area (Å²) in [5.74, 6) is -1.01. The summed E-state index contributed by atoms with van der Waals surface area (Å²) in [6.45, 7) is 7.25. The van der Waals surface area contributed by atoms with Crippen LogP contribution in [0.15, 0.2) is 60.7 Å². The second-order valence-corrected chi connectivity index (χ2v) is 14.5. The molecule has 3 aromatic carbocycles. The molecule has 9 nitrogen and oxygen atoms in total. The maximum absolute atomic E-state index is 15.0. The average Bonchev–Trinajstić information content (AvgIpc) is 3.93. The average molecular weight is 686 g/mol. The summed E-state index contributed by atoms with van der Waals surface area (Å²) >= 11 is 0. The fraction of sp³-hybridized carbons (Fsp3) is 0.475. The number of carbonyl (C=O) groups is 3. The van der Waals surface area contributed by atoms with E-state index in [1.807, 2.05) is 79.1 Å². The van der Waals surface area contributed by atoms with Gasteiger partial charge in [-0.05, 0) is 105 Å². The van der Waals surface area contributed by atoms with E-state index in [4.69, 9.17) is 14.2 Å². The highest BCUT2D eigenvalue weighted by Gasteiger charge is 2.44. The number of amides is 3. The molecule has 0 N–H and O–H groups in total. The molecule has 2 heterocycles. The highest BCUT2D eigenvalue weighted by molar-refractivity contribution is 6.00. The number of methoxy groups -OCH3 is 2. The summed E-state index contributed by atoms with van der Waals surface area (Å²) in [5.41, 5.74) is 4.52. The van der Waals surface area contributed by atoms with Crippen molar-refractivity contribution in [2.75, 3.05) is 50.3 Å². The Hall–Kier alpha value is -4.44. The minimum atomic E-state index is -0.675. The Morgan fingerprint density at radius 3 is 2.44 bits per heavy atom. The van der Waals surface area contributed by atoms with Crippen molar-refractivity contribution in [3.8, 4) is 16.9 Å². The van der Waals surface area contributed by atoms with Crippen LogP contribution in [0.4, 0.5) is 20.6 Å². The van der Waals surface area contributed by atoms with E-state index in [0.717, 1.165) is 40.9 Å². The van der Waals surface area contributed by atoms with Gasteiger partial charge in [-0.2, -0.15) is 0 Å². The molecule has 2 fully saturated rings. The van der Waals surface area contributed by atoms with Crippen molar-refractivity contribution in [1.82, 2.24) is 4.90 Å². The number of hydrogen-bond acceptors (Lipinski definition) is 6. The SMILES string of the molecule is COCCCN1C(=O)CCc2ccc(N(C(=O)[C@H]3CN(C(=O)OC(C)(C)C)CC[C@@H]3c3cccc(-c4ccc(OC)c(F)c4)c3)C3CC3)cc21. The Morgan fingerprint density at radius 1 is 0.960 bits per heavy atom. The lowest BCUT2D eigenvalue weighted by molar-refractivity contribution is -0.124. The molecule has 6 rings (SSSR count). The van der Waals surface area contributed by atoms with Crippen LogP contribution < -0.4 is 14.5 Å². The number of benzene rings is 3. The zero-order valence-corrected chi connectivity index (χ0v) is 29.7. The number of likely N-dealkylation sites (tertiary alicyclic amines) is 1. The van der Waals surface area contributed by atoms with Crippen LogP contribution >= 0.6 is 0 Å². The molecule has 3 aromatic rings. The van der Waals surface area contributed by atoms with Gasteiger partial charge in [0.25, 0.3) is 0 Å². The Bertz CT molecular complexity index is 1730. The first-order chi connectivity index (χ1) is 24.0. The molecule has 1 saturated heterocycles. The first-order valence-corrected chi connectivity index (χ1v) is 17.6. The Balaban J connectivity index is 1.35. The maximum Gasteiger partial charge on any atom is 0.410 e. The van der Waals surface area contributed by atoms with Crippen molar-refractivity contribution in [2.45, 2.75) is 76.9 Å². The monoisotopic (exact) mass is 685 g/mol. The lowest BCUT2D eigenvalue weighted by Crippen LogP contribution is -2.51. The normalized spacial score (nSPS) is 19.2. The van der Waals surface area contributed by atoms with E-state index >= 15 is 0 Å². The molecule has 2 atom stereocenters. The summed E-state index contributed by atoms with van der Waals surface area (Å²) in [6.07, 6.45) is 3.71. The molecule has 0 aromatic heterocycles. The van der Waals surface area contributed by atoms with E-state index in [1.54, 1.807) is 18.1 Å². The van der Waals surface area contributed by atoms with Gasteiger partial charge in [0.2, 0.25) is 11.8 Å². The summed E-state index contributed by atoms with van der Waals surface area (Å²) in [4.78, 5) is 46.8. The molecule has 1 aliphatic carbocycles. The largest absolute Gasteiger partial charge is 0.494 e. The van der Waals surface area contributed by atoms with Crippen LogP contribution in [0.2, 0.25) is 0 Å². The summed E-state index contributed by atoms with van der Waals surface area (Å²) in [6, 6.07) is 18.9. The molecule has 0 bridgehead atoms. The molecule has 50 heavy (non-hydrogen) atoms. The molecular weight excluding hydrogens is 637 g/mol. The van der Waals surface area contributed by atoms with Crippen molar-refractivity contribution < 1.29 is 33.0 Å². The topological polar surface area (TPSA) is 88.6 Å². The fourth-order valence-electron chi connectivity index (χ4n) is 7.21. The minimum Gasteiger partial charge on any atom is -0.494 e. The maximum atomic E-state index is 15.0. The predicted octanol–water partition coefficient (Wildman–Crippen LogP) is 7.35. The zero-order chi connectivity index (χ0) is 35.6. The van der Waals surface area contributed by atoms with E-state index in [9.17, 15) is 18.8 Å². The van der Waals surface area contributed by atoms with Crippen LogP contribution in [0.1, 0.15) is 69.9 Å². The van der Waals surface area contributed by atoms with Crippen molar-refractivity contribution in [1.29, 1.82) is 0 Å². The number of hydrogen-bond donors (Lipinski definition) is 0. The van der Waals surface area contributed by atoms with E-state index < -0.39 is 23.4 Å². The van der Waals surface area contributed by atoms with Crippen LogP contribution in [-0.2, 0) is 25.5 Å². The fourth-order valence-corrected chi connectivity index (χ4v) is 7.21. The third kappa shape index (κ3) is 7.80. The van der Waals surface area contributed by atoms with Gasteiger partial charge in [-0.15, -0.1) is 0 Å². The molecule has 0 spiro atoms. The Labute approximate surface area is 294 Å². The molecule has 0 radical (unpaired) electrons. The lowest BCUT2D eigenvalue weighted by Gasteiger charge is -2.41. The second kappa shape index (κ2) is 14.8. The highest BCUT2D eigenvalue weighted by atomic mass is 19.1. The number of aryl methyl sites for hydroxylation is 1. The molecule has 266 valence electrons. The zero-order valence-electron chi connectivity index (χ0n) is 29.7. The quantitative estimate of drug-likeness (QED) is 0.208. The Kier molecular flexibility index (Phi) is 10.5. The summed E-state index contributed by atoms with van der Waals surface area (Å²) < 4.78 is 30.8. The third-order valence-corrected chi connectivity index (χ3v) is 9.81. The smallest absolute Gasteiger partial charge is 0.410 e. The van der Waals surface area contributed by atoms with Crippen LogP contribution in [0.5, 0.6) is 5.75 Å². The van der Waals surface area contributed by atoms with Gasteiger partial charge in [-0.3, -0.25) is 9.59 Å². The molecule has 10 heteroatoms. The van der Waals surface area contributed by atoms with Crippen LogP contribution in [0.3, 0.4) is 0 Å². The standard InChI is InChI=1S/C40H48FN3O6/c1-40(2,3)50-39(47)42-20-18-32(29-9-6-8-27(22-29)28-11-16-36(49-5)34(41)23-28)33(25-42)38(46)44(30-14-15-30)31-13-10-26-12-17-37(45)43(35(26)24-31)19-7-21-48-4/h6,8-11,13,16,22-24,30,32-33H,7,12,14-15,17-21,25H2,1-5H3/t32-,33+/m1/s1. The van der Waals surface area contributed by atoms with Gasteiger partial charge >= 0.3 is 6.09 Å². The van der Waals surface area contributed by atoms with Gasteiger partial charge in [-0.25, -0.2) is 9.18 Å². The molecule has 0 unspecified atom stereocenters. The first-order valence-electron chi connectivity index (χ1n) is 17.6. The van der Waals surface area contributed by atoms with Crippen molar-refractivity contribution in [2.24, 2.45) is 5.92 Å². The molecule has 1 saturated carbocycles. The van der Waals surface area contributed by atoms with Gasteiger partial charge in [0.1, 0.15) is 5.60 Å². The van der Waals surface area contributed by atoms with Gasteiger partial charge < -0.3 is 28.9 Å². The number of ether oxygens (including phenoxy) is 3. The first kappa shape index (κ1) is 35.4. The van der Waals surface area contributed by atoms with Crippen LogP contribution in [0, 0.1) is 11.7 Å². The molecule has 2 aliphatic heterocycles. The highest BCUT2D eigenvalue weighted by Crippen LogP contribution is 2.42. The van der Waals surface area contributed by atoms with E-state index in [2.05, 4.69) is 0 Å². The number of fused-ring (bicyclic) bond motifs is 1. The number of nitrogens with zero attached hydrogens (tertiary/aromatic N) is 3. The van der Waals surface area contributed by atoms with Crippen LogP contribution in [0.25, 0.3) is 11.1 Å². The van der Waals surface area contributed by atoms with Gasteiger partial charge in [-0.1, -0.05) is 36.4 Å². The predicted molar refractivity (Wildman–Crippen MR) is 191 cm³/mol. The molecule has 3 aliphatic rings. The molecule has 3 amide bonds. The lowest BCUT2D eigenvalue weighted by atomic mass is 9.78. The van der Waals surface area contributed by atoms with Crippen molar-refractivity contribution >= 4 is 29.3 Å². The number of anilines is 2. The third-order valence-electron chi connectivity index (χ3n) is 9.81. The number of rotatable bonds is 10. The summed E-state index contributed by atoms with van der Waals surface area (Å²) in [7, 11) is 3.09. The van der Waals surface area contributed by atoms with Gasteiger partial charge in [0.15, 0.2) is 11.6 Å². The number of halogens is 1. The van der Waals surface area contributed by atoms with E-state index in [0.29, 0.717) is 50.9 Å². The van der Waals surface area contributed by atoms with Crippen molar-refractivity contribution in [3.63, 3.8) is 0 Å². The van der Waals surface area contributed by atoms with Crippen LogP contribution in [-0.4, -0.2) is 74.9 Å². The number of carbonyl (C=O) groups excluding carboxylic acids is 3. The summed E-state index contributed by atoms with van der Waals surface area (Å²) in [5, 5.41) is 0. The van der Waals surface area contributed by atoms with E-state index in [-0.39, 0.29) is 36.1 Å². The Morgan fingerprint density at radius 2 is 1.74 bits per heavy atom. The van der Waals surface area contributed by atoms with E-state index in [1.165, 1.54) is 13.2 Å². The second-order valence-electron chi connectivity index (χ2n) is 14.5. The minimum absolute atomic E-state index is 0.0351. The van der Waals surface area contributed by atoms with Gasteiger partial charge in [0, 0.05) is 57.2 Å². The number of piperidine rings is 1. The molecular formula is C40H48FN3O6.